The summed E-state index contributed by atoms with van der Waals surface area (Å²) in [6.07, 6.45) is 1.53. The third kappa shape index (κ3) is 5.27. The summed E-state index contributed by atoms with van der Waals surface area (Å²) >= 11 is 0. The van der Waals surface area contributed by atoms with Gasteiger partial charge in [-0.05, 0) is 12.1 Å². The number of carboxylic acid groups (broad SMARTS) is 1. The van der Waals surface area contributed by atoms with Crippen LogP contribution in [0.1, 0.15) is 0 Å². The summed E-state index contributed by atoms with van der Waals surface area (Å²) in [4.78, 5) is 29.4. The van der Waals surface area contributed by atoms with Crippen molar-refractivity contribution in [2.75, 3.05) is 68.5 Å². The van der Waals surface area contributed by atoms with Gasteiger partial charge in [0.25, 0.3) is 5.78 Å². The zero-order valence-corrected chi connectivity index (χ0v) is 20.4. The van der Waals surface area contributed by atoms with Crippen molar-refractivity contribution in [3.05, 3.63) is 42.2 Å². The van der Waals surface area contributed by atoms with Crippen LogP contribution >= 0.6 is 0 Å². The zero-order chi connectivity index (χ0) is 26.8. The first kappa shape index (κ1) is 25.1. The number of ether oxygens (including phenoxy) is 1. The minimum absolute atomic E-state index is 0.138. The number of furan rings is 1. The average molecular weight is 530 g/mol. The summed E-state index contributed by atoms with van der Waals surface area (Å²) in [6, 6.07) is 5.47. The van der Waals surface area contributed by atoms with Crippen LogP contribution < -0.4 is 20.3 Å². The molecular formula is C23H25F2N9O4. The van der Waals surface area contributed by atoms with Crippen LogP contribution in [0.2, 0.25) is 0 Å². The lowest BCUT2D eigenvalue weighted by atomic mass is 10.2. The third-order valence-corrected chi connectivity index (χ3v) is 6.10. The van der Waals surface area contributed by atoms with Gasteiger partial charge in [0.15, 0.2) is 24.0 Å². The van der Waals surface area contributed by atoms with E-state index in [4.69, 9.17) is 20.0 Å². The molecule has 0 radical (unpaired) electrons. The van der Waals surface area contributed by atoms with Crippen LogP contribution in [0, 0.1) is 11.6 Å². The molecule has 1 aromatic carbocycles. The lowest BCUT2D eigenvalue weighted by Crippen LogP contribution is -2.48. The number of nitrogen functional groups attached to an aromatic ring is 1. The largest absolute Gasteiger partial charge is 0.482 e. The van der Waals surface area contributed by atoms with Crippen molar-refractivity contribution in [3.63, 3.8) is 0 Å². The molecule has 4 aromatic rings. The van der Waals surface area contributed by atoms with Crippen molar-refractivity contribution >= 4 is 29.3 Å². The minimum Gasteiger partial charge on any atom is -0.482 e. The number of hydrogen-bond donors (Lipinski definition) is 2. The van der Waals surface area contributed by atoms with E-state index in [-0.39, 0.29) is 17.4 Å². The van der Waals surface area contributed by atoms with Gasteiger partial charge in [-0.2, -0.15) is 19.5 Å². The van der Waals surface area contributed by atoms with E-state index in [0.29, 0.717) is 62.6 Å². The smallest absolute Gasteiger partial charge is 0.341 e. The maximum atomic E-state index is 14.6. The number of anilines is 3. The van der Waals surface area contributed by atoms with Crippen LogP contribution in [-0.2, 0) is 4.79 Å². The molecule has 15 heteroatoms. The molecule has 1 aliphatic heterocycles. The summed E-state index contributed by atoms with van der Waals surface area (Å²) in [5.74, 6) is -1.33. The van der Waals surface area contributed by atoms with Gasteiger partial charge in [0.2, 0.25) is 17.7 Å². The van der Waals surface area contributed by atoms with Gasteiger partial charge in [0.05, 0.1) is 6.26 Å². The molecule has 3 N–H and O–H groups in total. The van der Waals surface area contributed by atoms with Gasteiger partial charge in [0, 0.05) is 58.4 Å². The number of hydrogen-bond acceptors (Lipinski definition) is 11. The van der Waals surface area contributed by atoms with Gasteiger partial charge in [-0.3, -0.25) is 4.90 Å². The number of nitrogens with zero attached hydrogens (tertiary/aromatic N) is 8. The number of piperazine rings is 1. The highest BCUT2D eigenvalue weighted by Gasteiger charge is 2.24. The summed E-state index contributed by atoms with van der Waals surface area (Å²) in [6.45, 7) is 2.56. The first-order chi connectivity index (χ1) is 18.3. The fraction of sp³-hybridized carbons (Fsp3) is 0.348. The highest BCUT2D eigenvalue weighted by atomic mass is 19.1. The summed E-state index contributed by atoms with van der Waals surface area (Å²) in [5.41, 5.74) is 5.93. The topological polar surface area (TPSA) is 151 Å². The van der Waals surface area contributed by atoms with Crippen molar-refractivity contribution in [1.29, 1.82) is 0 Å². The van der Waals surface area contributed by atoms with E-state index >= 15 is 0 Å². The SMILES string of the molecule is CN(CCN1CCN(c2c(F)cc(OCC(=O)O)cc2F)CC1)c1nc(N)n2nc(-c3ccco3)nc2n1. The molecule has 13 nitrogen and oxygen atoms in total. The van der Waals surface area contributed by atoms with Crippen LogP contribution in [0.15, 0.2) is 34.9 Å². The molecule has 1 fully saturated rings. The van der Waals surface area contributed by atoms with Crippen molar-refractivity contribution in [2.45, 2.75) is 0 Å². The van der Waals surface area contributed by atoms with E-state index in [1.807, 2.05) is 11.9 Å². The Labute approximate surface area is 215 Å². The second kappa shape index (κ2) is 10.5. The lowest BCUT2D eigenvalue weighted by Gasteiger charge is -2.37. The Bertz CT molecular complexity index is 1420. The second-order valence-electron chi connectivity index (χ2n) is 8.67. The molecule has 1 aliphatic rings. The van der Waals surface area contributed by atoms with Crippen molar-refractivity contribution in [1.82, 2.24) is 29.5 Å². The fourth-order valence-corrected chi connectivity index (χ4v) is 4.13. The molecule has 0 amide bonds. The monoisotopic (exact) mass is 529 g/mol. The maximum Gasteiger partial charge on any atom is 0.341 e. The zero-order valence-electron chi connectivity index (χ0n) is 20.4. The third-order valence-electron chi connectivity index (χ3n) is 6.10. The Kier molecular flexibility index (Phi) is 6.91. The Morgan fingerprint density at radius 1 is 1.18 bits per heavy atom. The Hall–Kier alpha value is -4.53. The molecule has 3 aromatic heterocycles. The summed E-state index contributed by atoms with van der Waals surface area (Å²) in [7, 11) is 1.84. The number of likely N-dealkylation sites (N-methyl/N-ethyl adjacent to an activating group) is 1. The number of fused-ring (bicyclic) bond motifs is 1. The first-order valence-electron chi connectivity index (χ1n) is 11.7. The van der Waals surface area contributed by atoms with Crippen molar-refractivity contribution in [3.8, 4) is 17.3 Å². The van der Waals surface area contributed by atoms with Gasteiger partial charge in [0.1, 0.15) is 11.4 Å². The van der Waals surface area contributed by atoms with Crippen molar-refractivity contribution in [2.24, 2.45) is 0 Å². The predicted octanol–water partition coefficient (Wildman–Crippen LogP) is 1.36. The van der Waals surface area contributed by atoms with Crippen LogP contribution in [0.3, 0.4) is 0 Å². The highest BCUT2D eigenvalue weighted by molar-refractivity contribution is 5.68. The van der Waals surface area contributed by atoms with Crippen LogP contribution in [0.4, 0.5) is 26.4 Å². The number of rotatable bonds is 9. The standard InChI is InChI=1S/C23H25F2N9O4/c1-31(22-28-21(26)34-23(29-22)27-20(30-34)17-3-2-10-37-17)4-5-32-6-8-33(9-7-32)19-15(24)11-14(12-16(19)25)38-13-18(35)36/h2-3,10-12H,4-9,13H2,1H3,(H,35,36)(H2,26,27,28,29,30). The fourth-order valence-electron chi connectivity index (χ4n) is 4.13. The molecule has 0 unspecified atom stereocenters. The Balaban J connectivity index is 1.17. The van der Waals surface area contributed by atoms with E-state index in [9.17, 15) is 13.6 Å². The minimum atomic E-state index is -1.23. The molecule has 0 atom stereocenters. The van der Waals surface area contributed by atoms with Crippen LogP contribution in [0.5, 0.6) is 5.75 Å². The number of halogens is 2. The second-order valence-corrected chi connectivity index (χ2v) is 8.67. The maximum absolute atomic E-state index is 14.6. The van der Waals surface area contributed by atoms with Gasteiger partial charge >= 0.3 is 5.97 Å². The van der Waals surface area contributed by atoms with E-state index < -0.39 is 24.2 Å². The van der Waals surface area contributed by atoms with Crippen molar-refractivity contribution < 1.29 is 27.8 Å². The highest BCUT2D eigenvalue weighted by Crippen LogP contribution is 2.29. The van der Waals surface area contributed by atoms with Gasteiger partial charge in [-0.15, -0.1) is 5.10 Å². The average Bonchev–Trinajstić information content (AvgIpc) is 3.57. The van der Waals surface area contributed by atoms with Crippen LogP contribution in [0.25, 0.3) is 17.4 Å². The molecule has 5 rings (SSSR count). The quantitative estimate of drug-likeness (QED) is 0.322. The molecule has 0 spiro atoms. The predicted molar refractivity (Wildman–Crippen MR) is 132 cm³/mol. The van der Waals surface area contributed by atoms with Gasteiger partial charge in [-0.25, -0.2) is 13.6 Å². The molecule has 1 saturated heterocycles. The molecule has 38 heavy (non-hydrogen) atoms. The number of benzene rings is 1. The number of carboxylic acids is 1. The Morgan fingerprint density at radius 3 is 2.58 bits per heavy atom. The van der Waals surface area contributed by atoms with Gasteiger partial charge in [-0.1, -0.05) is 0 Å². The van der Waals surface area contributed by atoms with E-state index in [1.165, 1.54) is 10.8 Å². The molecule has 0 saturated carbocycles. The van der Waals surface area contributed by atoms with E-state index in [0.717, 1.165) is 12.1 Å². The molecule has 200 valence electrons. The number of nitrogens with two attached hydrogens (primary N) is 1. The lowest BCUT2D eigenvalue weighted by molar-refractivity contribution is -0.139. The normalized spacial score (nSPS) is 14.2. The number of aromatic nitrogens is 5. The molecular weight excluding hydrogens is 504 g/mol. The summed E-state index contributed by atoms with van der Waals surface area (Å²) in [5, 5.41) is 13.0. The van der Waals surface area contributed by atoms with Crippen LogP contribution in [-0.4, -0.2) is 93.5 Å². The van der Waals surface area contributed by atoms with E-state index in [2.05, 4.69) is 25.0 Å². The number of aliphatic carboxylic acids is 1. The molecule has 4 heterocycles. The number of carbonyl (C=O) groups is 1. The summed E-state index contributed by atoms with van der Waals surface area (Å²) < 4.78 is 40.8. The Morgan fingerprint density at radius 2 is 1.92 bits per heavy atom. The first-order valence-corrected chi connectivity index (χ1v) is 11.7. The van der Waals surface area contributed by atoms with E-state index in [1.54, 1.807) is 17.0 Å². The molecule has 0 aliphatic carbocycles. The molecule has 0 bridgehead atoms. The van der Waals surface area contributed by atoms with Gasteiger partial charge < -0.3 is 29.8 Å².